The van der Waals surface area contributed by atoms with E-state index in [1.165, 1.54) is 15.9 Å². The lowest BCUT2D eigenvalue weighted by Crippen LogP contribution is -2.31. The van der Waals surface area contributed by atoms with Crippen molar-refractivity contribution in [2.75, 3.05) is 13.7 Å². The number of carbonyl (C=O) groups is 2. The van der Waals surface area contributed by atoms with Gasteiger partial charge in [-0.1, -0.05) is 24.3 Å². The Morgan fingerprint density at radius 2 is 1.85 bits per heavy atom. The first-order chi connectivity index (χ1) is 13.0. The second kappa shape index (κ2) is 8.22. The Balaban J connectivity index is 1.53. The van der Waals surface area contributed by atoms with E-state index in [1.807, 2.05) is 31.2 Å². The zero-order valence-electron chi connectivity index (χ0n) is 15.1. The van der Waals surface area contributed by atoms with E-state index in [0.717, 1.165) is 11.1 Å². The molecule has 0 aliphatic carbocycles. The molecule has 1 amide bonds. The Bertz CT molecular complexity index is 923. The van der Waals surface area contributed by atoms with Crippen LogP contribution in [0.3, 0.4) is 0 Å². The first kappa shape index (κ1) is 18.2. The highest BCUT2D eigenvalue weighted by Crippen LogP contribution is 2.11. The fourth-order valence-electron chi connectivity index (χ4n) is 2.48. The van der Waals surface area contributed by atoms with E-state index >= 15 is 0 Å². The maximum absolute atomic E-state index is 12.2. The highest BCUT2D eigenvalue weighted by Gasteiger charge is 2.14. The van der Waals surface area contributed by atoms with Gasteiger partial charge in [-0.15, -0.1) is 5.10 Å². The number of hydrogen-bond acceptors (Lipinski definition) is 6. The smallest absolute Gasteiger partial charge is 0.338 e. The largest absolute Gasteiger partial charge is 0.452 e. The van der Waals surface area contributed by atoms with Crippen LogP contribution < -0.4 is 0 Å². The third kappa shape index (κ3) is 4.55. The normalized spacial score (nSPS) is 10.4. The van der Waals surface area contributed by atoms with Gasteiger partial charge in [0.2, 0.25) is 0 Å². The molecule has 0 radical (unpaired) electrons. The van der Waals surface area contributed by atoms with Gasteiger partial charge < -0.3 is 9.64 Å². The molecular weight excluding hydrogens is 346 g/mol. The van der Waals surface area contributed by atoms with Crippen molar-refractivity contribution in [3.8, 4) is 5.69 Å². The molecule has 0 aliphatic heterocycles. The number of nitrogens with zero attached hydrogens (tertiary/aromatic N) is 5. The van der Waals surface area contributed by atoms with E-state index in [2.05, 4.69) is 15.5 Å². The van der Waals surface area contributed by atoms with Crippen molar-refractivity contribution in [3.63, 3.8) is 0 Å². The quantitative estimate of drug-likeness (QED) is 0.619. The predicted molar refractivity (Wildman–Crippen MR) is 97.1 cm³/mol. The molecule has 0 spiro atoms. The van der Waals surface area contributed by atoms with E-state index in [9.17, 15) is 9.59 Å². The maximum Gasteiger partial charge on any atom is 0.338 e. The van der Waals surface area contributed by atoms with Crippen LogP contribution in [-0.2, 0) is 16.1 Å². The number of likely N-dealkylation sites (N-methyl/N-ethyl adjacent to an activating group) is 1. The average molecular weight is 365 g/mol. The molecule has 0 aliphatic rings. The SMILES string of the molecule is Cc1ccccc1CN(C)C(=O)COC(=O)c1ccc(-n2cnnn2)cc1. The summed E-state index contributed by atoms with van der Waals surface area (Å²) in [5.74, 6) is -0.826. The minimum atomic E-state index is -0.559. The molecule has 0 unspecified atom stereocenters. The Morgan fingerprint density at radius 3 is 2.52 bits per heavy atom. The summed E-state index contributed by atoms with van der Waals surface area (Å²) < 4.78 is 6.60. The van der Waals surface area contributed by atoms with Crippen molar-refractivity contribution in [3.05, 3.63) is 71.5 Å². The second-order valence-corrected chi connectivity index (χ2v) is 6.05. The zero-order valence-corrected chi connectivity index (χ0v) is 15.1. The van der Waals surface area contributed by atoms with Crippen molar-refractivity contribution in [2.24, 2.45) is 0 Å². The van der Waals surface area contributed by atoms with Crippen molar-refractivity contribution in [1.82, 2.24) is 25.1 Å². The number of ether oxygens (including phenoxy) is 1. The molecular formula is C19H19N5O3. The van der Waals surface area contributed by atoms with Gasteiger partial charge in [-0.2, -0.15) is 0 Å². The third-order valence-corrected chi connectivity index (χ3v) is 4.14. The number of esters is 1. The van der Waals surface area contributed by atoms with Crippen molar-refractivity contribution >= 4 is 11.9 Å². The van der Waals surface area contributed by atoms with Crippen molar-refractivity contribution in [1.29, 1.82) is 0 Å². The average Bonchev–Trinajstić information content (AvgIpc) is 3.22. The van der Waals surface area contributed by atoms with Crippen LogP contribution in [0.1, 0.15) is 21.5 Å². The van der Waals surface area contributed by atoms with Gasteiger partial charge in [0, 0.05) is 13.6 Å². The first-order valence-electron chi connectivity index (χ1n) is 8.33. The van der Waals surface area contributed by atoms with E-state index in [4.69, 9.17) is 4.74 Å². The molecule has 0 saturated heterocycles. The number of rotatable bonds is 6. The van der Waals surface area contributed by atoms with Crippen LogP contribution in [0.2, 0.25) is 0 Å². The van der Waals surface area contributed by atoms with Crippen LogP contribution in [0.15, 0.2) is 54.9 Å². The third-order valence-electron chi connectivity index (χ3n) is 4.14. The highest BCUT2D eigenvalue weighted by atomic mass is 16.5. The van der Waals surface area contributed by atoms with Crippen LogP contribution >= 0.6 is 0 Å². The van der Waals surface area contributed by atoms with Gasteiger partial charge in [0.15, 0.2) is 6.61 Å². The molecule has 0 fully saturated rings. The van der Waals surface area contributed by atoms with Gasteiger partial charge in [0.1, 0.15) is 6.33 Å². The van der Waals surface area contributed by atoms with E-state index in [0.29, 0.717) is 17.8 Å². The van der Waals surface area contributed by atoms with Gasteiger partial charge >= 0.3 is 5.97 Å². The number of tetrazole rings is 1. The summed E-state index contributed by atoms with van der Waals surface area (Å²) in [6.07, 6.45) is 1.45. The van der Waals surface area contributed by atoms with E-state index in [-0.39, 0.29) is 12.5 Å². The molecule has 2 aromatic carbocycles. The Kier molecular flexibility index (Phi) is 5.55. The van der Waals surface area contributed by atoms with Crippen molar-refractivity contribution in [2.45, 2.75) is 13.5 Å². The monoisotopic (exact) mass is 365 g/mol. The molecule has 0 saturated carbocycles. The lowest BCUT2D eigenvalue weighted by atomic mass is 10.1. The topological polar surface area (TPSA) is 90.2 Å². The molecule has 8 heteroatoms. The highest BCUT2D eigenvalue weighted by molar-refractivity contribution is 5.91. The molecule has 0 bridgehead atoms. The molecule has 1 aromatic heterocycles. The van der Waals surface area contributed by atoms with E-state index in [1.54, 1.807) is 31.3 Å². The molecule has 3 aromatic rings. The number of hydrogen-bond donors (Lipinski definition) is 0. The standard InChI is InChI=1S/C19H19N5O3/c1-14-5-3-4-6-16(14)11-23(2)18(25)12-27-19(26)15-7-9-17(10-8-15)24-13-20-21-22-24/h3-10,13H,11-12H2,1-2H3. The predicted octanol–water partition coefficient (Wildman–Crippen LogP) is 1.79. The zero-order chi connectivity index (χ0) is 19.2. The summed E-state index contributed by atoms with van der Waals surface area (Å²) in [5, 5.41) is 10.9. The van der Waals surface area contributed by atoms with Gasteiger partial charge in [-0.3, -0.25) is 4.79 Å². The lowest BCUT2D eigenvalue weighted by Gasteiger charge is -2.18. The van der Waals surface area contributed by atoms with E-state index < -0.39 is 5.97 Å². The summed E-state index contributed by atoms with van der Waals surface area (Å²) in [7, 11) is 1.68. The number of aromatic nitrogens is 4. The van der Waals surface area contributed by atoms with Crippen molar-refractivity contribution < 1.29 is 14.3 Å². The Morgan fingerprint density at radius 1 is 1.11 bits per heavy atom. The number of aryl methyl sites for hydroxylation is 1. The summed E-state index contributed by atoms with van der Waals surface area (Å²) in [5.41, 5.74) is 3.22. The minimum Gasteiger partial charge on any atom is -0.452 e. The molecule has 8 nitrogen and oxygen atoms in total. The first-order valence-corrected chi connectivity index (χ1v) is 8.33. The van der Waals surface area contributed by atoms with Gasteiger partial charge in [0.05, 0.1) is 11.3 Å². The molecule has 3 rings (SSSR count). The van der Waals surface area contributed by atoms with Gasteiger partial charge in [-0.25, -0.2) is 9.48 Å². The summed E-state index contributed by atoms with van der Waals surface area (Å²) >= 11 is 0. The van der Waals surface area contributed by atoms with Gasteiger partial charge in [-0.05, 0) is 52.7 Å². The molecule has 0 atom stereocenters. The number of amides is 1. The summed E-state index contributed by atoms with van der Waals surface area (Å²) in [6, 6.07) is 14.4. The van der Waals surface area contributed by atoms with Crippen LogP contribution in [0.25, 0.3) is 5.69 Å². The van der Waals surface area contributed by atoms with Crippen LogP contribution in [-0.4, -0.2) is 50.6 Å². The second-order valence-electron chi connectivity index (χ2n) is 6.05. The fraction of sp³-hybridized carbons (Fsp3) is 0.211. The minimum absolute atomic E-state index is 0.267. The number of benzene rings is 2. The Hall–Kier alpha value is -3.55. The van der Waals surface area contributed by atoms with Gasteiger partial charge in [0.25, 0.3) is 5.91 Å². The molecule has 1 heterocycles. The summed E-state index contributed by atoms with van der Waals surface area (Å²) in [6.45, 7) is 2.15. The van der Waals surface area contributed by atoms with Crippen LogP contribution in [0.5, 0.6) is 0 Å². The fourth-order valence-corrected chi connectivity index (χ4v) is 2.48. The summed E-state index contributed by atoms with van der Waals surface area (Å²) in [4.78, 5) is 25.9. The lowest BCUT2D eigenvalue weighted by molar-refractivity contribution is -0.133. The Labute approximate surface area is 156 Å². The van der Waals surface area contributed by atoms with Crippen LogP contribution in [0, 0.1) is 6.92 Å². The molecule has 0 N–H and O–H groups in total. The van der Waals surface area contributed by atoms with Crippen LogP contribution in [0.4, 0.5) is 0 Å². The number of carbonyl (C=O) groups excluding carboxylic acids is 2. The molecule has 138 valence electrons. The molecule has 27 heavy (non-hydrogen) atoms. The maximum atomic E-state index is 12.2.